The van der Waals surface area contributed by atoms with Gasteiger partial charge in [0.1, 0.15) is 11.5 Å². The van der Waals surface area contributed by atoms with Gasteiger partial charge in [0.2, 0.25) is 0 Å². The van der Waals surface area contributed by atoms with Crippen LogP contribution < -0.4 is 9.47 Å². The topological polar surface area (TPSA) is 59.1 Å². The summed E-state index contributed by atoms with van der Waals surface area (Å²) >= 11 is 0. The fraction of sp³-hybridized carbons (Fsp3) is 0.400. The fourth-order valence-corrected chi connectivity index (χ4v) is 1.84. The monoisotopic (exact) mass is 360 g/mol. The van der Waals surface area contributed by atoms with E-state index in [0.29, 0.717) is 11.5 Å². The lowest BCUT2D eigenvalue weighted by Gasteiger charge is -2.15. The van der Waals surface area contributed by atoms with Crippen LogP contribution in [0.25, 0.3) is 0 Å². The first-order chi connectivity index (χ1) is 12.2. The van der Waals surface area contributed by atoms with Crippen LogP contribution in [0.5, 0.6) is 11.5 Å². The van der Waals surface area contributed by atoms with E-state index in [0.717, 1.165) is 0 Å². The lowest BCUT2D eigenvalue weighted by atomic mass is 10.2. The number of hydrogen-bond acceptors (Lipinski definition) is 6. The Kier molecular flexibility index (Phi) is 8.42. The molecule has 0 saturated carbocycles. The summed E-state index contributed by atoms with van der Waals surface area (Å²) in [6, 6.07) is 6.84. The quantitative estimate of drug-likeness (QED) is 0.598. The van der Waals surface area contributed by atoms with Gasteiger partial charge in [0.15, 0.2) is 23.8 Å². The van der Waals surface area contributed by atoms with Crippen molar-refractivity contribution in [3.05, 3.63) is 48.8 Å². The fourth-order valence-electron chi connectivity index (χ4n) is 1.84. The van der Waals surface area contributed by atoms with E-state index in [9.17, 15) is 9.59 Å². The summed E-state index contributed by atoms with van der Waals surface area (Å²) < 4.78 is 11.2. The van der Waals surface area contributed by atoms with Gasteiger partial charge in [-0.15, -0.1) is 0 Å². The zero-order valence-electron chi connectivity index (χ0n) is 16.3. The van der Waals surface area contributed by atoms with E-state index < -0.39 is 12.2 Å². The third-order valence-electron chi connectivity index (χ3n) is 3.32. The van der Waals surface area contributed by atoms with Crippen LogP contribution in [-0.2, 0) is 9.59 Å². The van der Waals surface area contributed by atoms with Crippen molar-refractivity contribution in [3.63, 3.8) is 0 Å². The standard InChI is InChI=1S/C20H28N2O4/c1-15(19(23)11-13-21(3)4)25-17-7-9-18(10-8-17)26-16(2)20(24)12-14-22(5)6/h7-16H,1-6H3/b13-11+,14-12+. The van der Waals surface area contributed by atoms with E-state index in [4.69, 9.17) is 9.47 Å². The molecule has 1 aromatic rings. The molecule has 0 aliphatic carbocycles. The molecule has 0 aliphatic heterocycles. The van der Waals surface area contributed by atoms with Crippen molar-refractivity contribution in [1.82, 2.24) is 9.80 Å². The summed E-state index contributed by atoms with van der Waals surface area (Å²) in [4.78, 5) is 27.4. The number of nitrogens with zero attached hydrogens (tertiary/aromatic N) is 2. The minimum Gasteiger partial charge on any atom is -0.483 e. The maximum Gasteiger partial charge on any atom is 0.197 e. The third-order valence-corrected chi connectivity index (χ3v) is 3.32. The molecule has 0 aromatic heterocycles. The summed E-state index contributed by atoms with van der Waals surface area (Å²) in [6.45, 7) is 3.40. The van der Waals surface area contributed by atoms with Gasteiger partial charge in [-0.1, -0.05) is 0 Å². The molecule has 6 nitrogen and oxygen atoms in total. The molecule has 6 heteroatoms. The van der Waals surface area contributed by atoms with Crippen molar-refractivity contribution < 1.29 is 19.1 Å². The van der Waals surface area contributed by atoms with Crippen molar-refractivity contribution in [2.75, 3.05) is 28.2 Å². The summed E-state index contributed by atoms with van der Waals surface area (Å²) in [5, 5.41) is 0. The Bertz CT molecular complexity index is 591. The van der Waals surface area contributed by atoms with E-state index in [-0.39, 0.29) is 11.6 Å². The highest BCUT2D eigenvalue weighted by Gasteiger charge is 2.14. The van der Waals surface area contributed by atoms with Crippen molar-refractivity contribution in [1.29, 1.82) is 0 Å². The molecule has 26 heavy (non-hydrogen) atoms. The maximum atomic E-state index is 11.9. The van der Waals surface area contributed by atoms with Gasteiger partial charge in [0, 0.05) is 52.7 Å². The molecular formula is C20H28N2O4. The molecule has 142 valence electrons. The highest BCUT2D eigenvalue weighted by atomic mass is 16.5. The number of rotatable bonds is 10. The van der Waals surface area contributed by atoms with Gasteiger partial charge in [-0.2, -0.15) is 0 Å². The minimum atomic E-state index is -0.588. The van der Waals surface area contributed by atoms with E-state index in [2.05, 4.69) is 0 Å². The van der Waals surface area contributed by atoms with Gasteiger partial charge in [0.05, 0.1) is 0 Å². The van der Waals surface area contributed by atoms with Gasteiger partial charge in [-0.25, -0.2) is 0 Å². The largest absolute Gasteiger partial charge is 0.483 e. The van der Waals surface area contributed by atoms with E-state index in [1.807, 2.05) is 28.2 Å². The molecule has 0 fully saturated rings. The third kappa shape index (κ3) is 7.88. The maximum absolute atomic E-state index is 11.9. The first-order valence-corrected chi connectivity index (χ1v) is 8.39. The Morgan fingerprint density at radius 1 is 0.769 bits per heavy atom. The Morgan fingerprint density at radius 3 is 1.35 bits per heavy atom. The predicted octanol–water partition coefficient (Wildman–Crippen LogP) is 2.51. The van der Waals surface area contributed by atoms with E-state index in [1.54, 1.807) is 60.3 Å². The van der Waals surface area contributed by atoms with Crippen molar-refractivity contribution in [2.45, 2.75) is 26.1 Å². The summed E-state index contributed by atoms with van der Waals surface area (Å²) in [7, 11) is 7.37. The summed E-state index contributed by atoms with van der Waals surface area (Å²) in [5.74, 6) is 0.878. The van der Waals surface area contributed by atoms with Crippen LogP contribution in [0.1, 0.15) is 13.8 Å². The molecule has 0 heterocycles. The van der Waals surface area contributed by atoms with Crippen LogP contribution in [0.4, 0.5) is 0 Å². The zero-order valence-corrected chi connectivity index (χ0v) is 16.3. The molecule has 2 atom stereocenters. The zero-order chi connectivity index (χ0) is 19.7. The SMILES string of the molecule is CC(Oc1ccc(OC(C)C(=O)/C=C/N(C)C)cc1)C(=O)/C=C/N(C)C. The summed E-state index contributed by atoms with van der Waals surface area (Å²) in [5.41, 5.74) is 0. The Labute approximate surface area is 155 Å². The average molecular weight is 360 g/mol. The predicted molar refractivity (Wildman–Crippen MR) is 102 cm³/mol. The van der Waals surface area contributed by atoms with Crippen LogP contribution >= 0.6 is 0 Å². The molecule has 1 rings (SSSR count). The second-order valence-corrected chi connectivity index (χ2v) is 6.36. The first kappa shape index (κ1) is 21.3. The number of carbonyl (C=O) groups is 2. The Hall–Kier alpha value is -2.76. The van der Waals surface area contributed by atoms with Gasteiger partial charge < -0.3 is 19.3 Å². The van der Waals surface area contributed by atoms with E-state index in [1.165, 1.54) is 12.2 Å². The van der Waals surface area contributed by atoms with Gasteiger partial charge in [-0.3, -0.25) is 9.59 Å². The van der Waals surface area contributed by atoms with Crippen molar-refractivity contribution in [2.24, 2.45) is 0 Å². The number of ether oxygens (including phenoxy) is 2. The van der Waals surface area contributed by atoms with Crippen LogP contribution in [0.3, 0.4) is 0 Å². The molecule has 1 aromatic carbocycles. The lowest BCUT2D eigenvalue weighted by Crippen LogP contribution is -2.23. The van der Waals surface area contributed by atoms with Gasteiger partial charge >= 0.3 is 0 Å². The highest BCUT2D eigenvalue weighted by molar-refractivity contribution is 5.93. The Balaban J connectivity index is 2.60. The highest BCUT2D eigenvalue weighted by Crippen LogP contribution is 2.20. The van der Waals surface area contributed by atoms with E-state index >= 15 is 0 Å². The lowest BCUT2D eigenvalue weighted by molar-refractivity contribution is -0.121. The van der Waals surface area contributed by atoms with Crippen LogP contribution in [0.15, 0.2) is 48.8 Å². The number of hydrogen-bond donors (Lipinski definition) is 0. The van der Waals surface area contributed by atoms with Crippen LogP contribution in [0.2, 0.25) is 0 Å². The molecule has 2 unspecified atom stereocenters. The Morgan fingerprint density at radius 2 is 1.08 bits per heavy atom. The minimum absolute atomic E-state index is 0.120. The summed E-state index contributed by atoms with van der Waals surface area (Å²) in [6.07, 6.45) is 5.15. The number of carbonyl (C=O) groups excluding carboxylic acids is 2. The van der Waals surface area contributed by atoms with Gasteiger partial charge in [-0.05, 0) is 38.1 Å². The van der Waals surface area contributed by atoms with Crippen molar-refractivity contribution in [3.8, 4) is 11.5 Å². The van der Waals surface area contributed by atoms with Crippen molar-refractivity contribution >= 4 is 11.6 Å². The molecule has 0 spiro atoms. The average Bonchev–Trinajstić information content (AvgIpc) is 2.58. The first-order valence-electron chi connectivity index (χ1n) is 8.39. The van der Waals surface area contributed by atoms with Crippen LogP contribution in [-0.4, -0.2) is 61.8 Å². The molecule has 0 N–H and O–H groups in total. The second kappa shape index (κ2) is 10.3. The molecule has 0 amide bonds. The smallest absolute Gasteiger partial charge is 0.197 e. The molecule has 0 aliphatic rings. The number of benzene rings is 1. The molecule has 0 bridgehead atoms. The van der Waals surface area contributed by atoms with Gasteiger partial charge in [0.25, 0.3) is 0 Å². The normalized spacial score (nSPS) is 13.5. The second-order valence-electron chi connectivity index (χ2n) is 6.36. The molecule has 0 saturated heterocycles. The van der Waals surface area contributed by atoms with Crippen LogP contribution in [0, 0.1) is 0 Å². The molecular weight excluding hydrogens is 332 g/mol. The molecule has 0 radical (unpaired) electrons. The number of ketones is 2.